The molecular weight excluding hydrogens is 431 g/mol. The zero-order chi connectivity index (χ0) is 23.8. The zero-order valence-electron chi connectivity index (χ0n) is 19.8. The van der Waals surface area contributed by atoms with Crippen LogP contribution in [0.1, 0.15) is 44.6 Å². The lowest BCUT2D eigenvalue weighted by molar-refractivity contribution is -0.136. The van der Waals surface area contributed by atoms with Crippen molar-refractivity contribution >= 4 is 17.6 Å². The van der Waals surface area contributed by atoms with Crippen LogP contribution in [0, 0.1) is 11.7 Å². The van der Waals surface area contributed by atoms with Gasteiger partial charge in [0.1, 0.15) is 5.82 Å². The number of urea groups is 1. The van der Waals surface area contributed by atoms with Gasteiger partial charge in [-0.05, 0) is 60.8 Å². The van der Waals surface area contributed by atoms with E-state index in [1.807, 2.05) is 46.2 Å². The number of likely N-dealkylation sites (tertiary alicyclic amines) is 1. The van der Waals surface area contributed by atoms with Gasteiger partial charge < -0.3 is 14.5 Å². The Morgan fingerprint density at radius 1 is 0.971 bits per heavy atom. The number of hydrogen-bond donors (Lipinski definition) is 0. The summed E-state index contributed by atoms with van der Waals surface area (Å²) in [6.07, 6.45) is 4.09. The number of fused-ring (bicyclic) bond motifs is 2. The van der Waals surface area contributed by atoms with E-state index in [1.54, 1.807) is 6.07 Å². The Hall–Kier alpha value is -3.15. The van der Waals surface area contributed by atoms with Crippen molar-refractivity contribution in [2.45, 2.75) is 51.1 Å². The van der Waals surface area contributed by atoms with Gasteiger partial charge in [-0.15, -0.1) is 0 Å². The topological polar surface area (TPSA) is 49.9 Å². The lowest BCUT2D eigenvalue weighted by Crippen LogP contribution is -2.53. The van der Waals surface area contributed by atoms with E-state index in [0.29, 0.717) is 29.0 Å². The minimum atomic E-state index is -0.432. The Labute approximate surface area is 200 Å². The first-order valence-electron chi connectivity index (χ1n) is 12.2. The molecule has 0 spiro atoms. The Bertz CT molecular complexity index is 1120. The maximum absolute atomic E-state index is 15.2. The van der Waals surface area contributed by atoms with Crippen LogP contribution >= 0.6 is 0 Å². The standard InChI is InChI=1S/C28H31FN2O3/c1-18-12-14-30(15-13-18)28(33)31-21-9-11-25(31)26(27(32)34-2)23(17-21)20-8-10-22(24(29)16-20)19-6-4-3-5-7-19/h3-8,10,16,18,21,25H,9,11-15,17H2,1-2H3/t21-,25+/m0/s1. The van der Waals surface area contributed by atoms with Crippen molar-refractivity contribution in [2.24, 2.45) is 5.92 Å². The molecule has 2 saturated heterocycles. The lowest BCUT2D eigenvalue weighted by Gasteiger charge is -2.41. The number of amides is 2. The molecule has 2 amide bonds. The molecule has 0 radical (unpaired) electrons. The monoisotopic (exact) mass is 462 g/mol. The second kappa shape index (κ2) is 9.24. The Balaban J connectivity index is 1.50. The largest absolute Gasteiger partial charge is 0.466 e. The highest BCUT2D eigenvalue weighted by molar-refractivity contribution is 6.01. The lowest BCUT2D eigenvalue weighted by atomic mass is 9.87. The van der Waals surface area contributed by atoms with Crippen LogP contribution in [-0.2, 0) is 9.53 Å². The van der Waals surface area contributed by atoms with Gasteiger partial charge in [-0.3, -0.25) is 0 Å². The molecule has 2 fully saturated rings. The summed E-state index contributed by atoms with van der Waals surface area (Å²) in [5, 5.41) is 0. The molecule has 0 aliphatic carbocycles. The number of carbonyl (C=O) groups is 2. The average Bonchev–Trinajstić information content (AvgIpc) is 3.17. The van der Waals surface area contributed by atoms with Crippen molar-refractivity contribution in [3.05, 3.63) is 65.5 Å². The maximum atomic E-state index is 15.2. The van der Waals surface area contributed by atoms with Crippen LogP contribution in [0.25, 0.3) is 16.7 Å². The second-order valence-corrected chi connectivity index (χ2v) is 9.75. The van der Waals surface area contributed by atoms with Gasteiger partial charge in [0.15, 0.2) is 0 Å². The highest BCUT2D eigenvalue weighted by Crippen LogP contribution is 2.44. The van der Waals surface area contributed by atoms with Gasteiger partial charge in [0.2, 0.25) is 0 Å². The number of piperidine rings is 1. The summed E-state index contributed by atoms with van der Waals surface area (Å²) < 4.78 is 20.3. The van der Waals surface area contributed by atoms with E-state index >= 15 is 4.39 Å². The van der Waals surface area contributed by atoms with Gasteiger partial charge in [0, 0.05) is 24.7 Å². The first-order valence-corrected chi connectivity index (χ1v) is 12.2. The summed E-state index contributed by atoms with van der Waals surface area (Å²) in [6, 6.07) is 14.3. The summed E-state index contributed by atoms with van der Waals surface area (Å²) in [4.78, 5) is 30.3. The molecule has 34 heavy (non-hydrogen) atoms. The molecule has 6 heteroatoms. The van der Waals surface area contributed by atoms with Gasteiger partial charge in [-0.25, -0.2) is 14.0 Å². The number of rotatable bonds is 3. The van der Waals surface area contributed by atoms with Crippen molar-refractivity contribution < 1.29 is 18.7 Å². The summed E-state index contributed by atoms with van der Waals surface area (Å²) in [5.74, 6) is -0.125. The SMILES string of the molecule is COC(=O)C1=C(c2ccc(-c3ccccc3)c(F)c2)C[C@@H]2CC[C@H]1N2C(=O)N1CCC(C)CC1. The molecule has 3 aliphatic rings. The molecule has 0 saturated carbocycles. The van der Waals surface area contributed by atoms with Gasteiger partial charge in [0.25, 0.3) is 0 Å². The minimum Gasteiger partial charge on any atom is -0.466 e. The summed E-state index contributed by atoms with van der Waals surface area (Å²) >= 11 is 0. The van der Waals surface area contributed by atoms with Gasteiger partial charge in [0.05, 0.1) is 18.7 Å². The smallest absolute Gasteiger partial charge is 0.336 e. The molecule has 5 rings (SSSR count). The van der Waals surface area contributed by atoms with Crippen LogP contribution in [0.4, 0.5) is 9.18 Å². The number of ether oxygens (including phenoxy) is 1. The van der Waals surface area contributed by atoms with Crippen LogP contribution in [-0.4, -0.2) is 54.1 Å². The molecule has 2 aromatic rings. The summed E-state index contributed by atoms with van der Waals surface area (Å²) in [7, 11) is 1.37. The molecule has 2 atom stereocenters. The van der Waals surface area contributed by atoms with Gasteiger partial charge in [-0.1, -0.05) is 49.4 Å². The second-order valence-electron chi connectivity index (χ2n) is 9.75. The third kappa shape index (κ3) is 3.99. The summed E-state index contributed by atoms with van der Waals surface area (Å²) in [5.41, 5.74) is 3.33. The average molecular weight is 463 g/mol. The minimum absolute atomic E-state index is 0.0112. The van der Waals surface area contributed by atoms with Crippen LogP contribution < -0.4 is 0 Å². The van der Waals surface area contributed by atoms with Crippen molar-refractivity contribution in [2.75, 3.05) is 20.2 Å². The fourth-order valence-corrected chi connectivity index (χ4v) is 5.76. The van der Waals surface area contributed by atoms with E-state index in [9.17, 15) is 9.59 Å². The van der Waals surface area contributed by atoms with Crippen molar-refractivity contribution in [3.63, 3.8) is 0 Å². The predicted octanol–water partition coefficient (Wildman–Crippen LogP) is 5.51. The number of carbonyl (C=O) groups excluding carboxylic acids is 2. The number of benzene rings is 2. The molecule has 178 valence electrons. The van der Waals surface area contributed by atoms with E-state index in [2.05, 4.69) is 6.92 Å². The third-order valence-electron chi connectivity index (χ3n) is 7.68. The molecule has 5 nitrogen and oxygen atoms in total. The number of hydrogen-bond acceptors (Lipinski definition) is 3. The molecule has 0 unspecified atom stereocenters. The molecule has 2 bridgehead atoms. The van der Waals surface area contributed by atoms with Crippen LogP contribution in [0.3, 0.4) is 0 Å². The Morgan fingerprint density at radius 2 is 1.71 bits per heavy atom. The van der Waals surface area contributed by atoms with Crippen molar-refractivity contribution in [3.8, 4) is 11.1 Å². The van der Waals surface area contributed by atoms with Crippen LogP contribution in [0.5, 0.6) is 0 Å². The first-order chi connectivity index (χ1) is 16.5. The van der Waals surface area contributed by atoms with Gasteiger partial charge >= 0.3 is 12.0 Å². The van der Waals surface area contributed by atoms with E-state index < -0.39 is 5.97 Å². The highest BCUT2D eigenvalue weighted by atomic mass is 19.1. The van der Waals surface area contributed by atoms with Crippen molar-refractivity contribution in [1.82, 2.24) is 9.80 Å². The van der Waals surface area contributed by atoms with Crippen molar-refractivity contribution in [1.29, 1.82) is 0 Å². The fourth-order valence-electron chi connectivity index (χ4n) is 5.76. The number of nitrogens with zero attached hydrogens (tertiary/aromatic N) is 2. The van der Waals surface area contributed by atoms with E-state index in [0.717, 1.165) is 49.9 Å². The summed E-state index contributed by atoms with van der Waals surface area (Å²) in [6.45, 7) is 3.73. The normalized spacial score (nSPS) is 22.8. The Morgan fingerprint density at radius 3 is 2.38 bits per heavy atom. The molecule has 2 aromatic carbocycles. The van der Waals surface area contributed by atoms with Gasteiger partial charge in [-0.2, -0.15) is 0 Å². The van der Waals surface area contributed by atoms with E-state index in [1.165, 1.54) is 13.2 Å². The Kier molecular flexibility index (Phi) is 6.15. The maximum Gasteiger partial charge on any atom is 0.336 e. The molecule has 3 aliphatic heterocycles. The zero-order valence-corrected chi connectivity index (χ0v) is 19.8. The van der Waals surface area contributed by atoms with Crippen LogP contribution in [0.2, 0.25) is 0 Å². The molecule has 0 aromatic heterocycles. The molecular formula is C28H31FN2O3. The fraction of sp³-hybridized carbons (Fsp3) is 0.429. The predicted molar refractivity (Wildman–Crippen MR) is 129 cm³/mol. The van der Waals surface area contributed by atoms with Crippen LogP contribution in [0.15, 0.2) is 54.1 Å². The highest BCUT2D eigenvalue weighted by Gasteiger charge is 2.48. The number of halogens is 1. The number of esters is 1. The molecule has 0 N–H and O–H groups in total. The first kappa shape index (κ1) is 22.6. The molecule has 3 heterocycles. The van der Waals surface area contributed by atoms with E-state index in [4.69, 9.17) is 4.74 Å². The van der Waals surface area contributed by atoms with E-state index in [-0.39, 0.29) is 23.9 Å². The third-order valence-corrected chi connectivity index (χ3v) is 7.68. The number of methoxy groups -OCH3 is 1. The quantitative estimate of drug-likeness (QED) is 0.566.